The van der Waals surface area contributed by atoms with Crippen LogP contribution >= 0.6 is 38.9 Å². The lowest BCUT2D eigenvalue weighted by Gasteiger charge is -2.13. The summed E-state index contributed by atoms with van der Waals surface area (Å²) < 4.78 is 6.41. The van der Waals surface area contributed by atoms with E-state index in [2.05, 4.69) is 21.3 Å². The van der Waals surface area contributed by atoms with Gasteiger partial charge in [-0.25, -0.2) is 0 Å². The Hall–Kier alpha value is -0.550. The first-order valence-electron chi connectivity index (χ1n) is 5.42. The minimum Gasteiger partial charge on any atom is -0.496 e. The number of halogens is 2. The van der Waals surface area contributed by atoms with Crippen LogP contribution in [0.15, 0.2) is 33.4 Å². The molecule has 0 spiro atoms. The zero-order chi connectivity index (χ0) is 13.1. The van der Waals surface area contributed by atoms with E-state index in [0.717, 1.165) is 20.7 Å². The van der Waals surface area contributed by atoms with Crippen LogP contribution in [0.1, 0.15) is 17.2 Å². The summed E-state index contributed by atoms with van der Waals surface area (Å²) in [5.41, 5.74) is 8.35. The first kappa shape index (κ1) is 13.9. The second-order valence-corrected chi connectivity index (χ2v) is 6.68. The van der Waals surface area contributed by atoms with Crippen LogP contribution in [0.25, 0.3) is 0 Å². The normalized spacial score (nSPS) is 12.4. The summed E-state index contributed by atoms with van der Waals surface area (Å²) in [6, 6.07) is 7.58. The summed E-state index contributed by atoms with van der Waals surface area (Å²) in [5, 5.41) is 2.76. The van der Waals surface area contributed by atoms with Gasteiger partial charge in [-0.3, -0.25) is 0 Å². The van der Waals surface area contributed by atoms with E-state index in [0.29, 0.717) is 11.4 Å². The number of hydrogen-bond acceptors (Lipinski definition) is 3. The molecule has 2 nitrogen and oxygen atoms in total. The summed E-state index contributed by atoms with van der Waals surface area (Å²) in [5.74, 6) is 0.823. The highest BCUT2D eigenvalue weighted by Crippen LogP contribution is 2.29. The van der Waals surface area contributed by atoms with Crippen LogP contribution in [-0.2, 0) is 6.42 Å². The molecule has 1 aromatic heterocycles. The van der Waals surface area contributed by atoms with Crippen molar-refractivity contribution in [3.05, 3.63) is 49.6 Å². The van der Waals surface area contributed by atoms with Gasteiger partial charge in [0.05, 0.1) is 10.9 Å². The maximum absolute atomic E-state index is 6.20. The summed E-state index contributed by atoms with van der Waals surface area (Å²) in [7, 11) is 1.65. The predicted molar refractivity (Wildman–Crippen MR) is 80.7 cm³/mol. The van der Waals surface area contributed by atoms with E-state index in [1.54, 1.807) is 18.4 Å². The van der Waals surface area contributed by atoms with Crippen molar-refractivity contribution in [2.45, 2.75) is 12.5 Å². The van der Waals surface area contributed by atoms with Crippen molar-refractivity contribution >= 4 is 38.9 Å². The third kappa shape index (κ3) is 3.26. The van der Waals surface area contributed by atoms with Crippen LogP contribution in [0.5, 0.6) is 5.75 Å². The van der Waals surface area contributed by atoms with Gasteiger partial charge < -0.3 is 10.5 Å². The topological polar surface area (TPSA) is 35.2 Å². The summed E-state index contributed by atoms with van der Waals surface area (Å²) in [4.78, 5) is 0. The molecule has 0 radical (unpaired) electrons. The molecular formula is C13H13BrClNOS. The largest absolute Gasteiger partial charge is 0.496 e. The third-order valence-corrected chi connectivity index (χ3v) is 4.46. The molecule has 2 N–H and O–H groups in total. The van der Waals surface area contributed by atoms with Crippen LogP contribution in [0.2, 0.25) is 5.02 Å². The van der Waals surface area contributed by atoms with E-state index in [9.17, 15) is 0 Å². The van der Waals surface area contributed by atoms with Crippen molar-refractivity contribution in [1.29, 1.82) is 0 Å². The summed E-state index contributed by atoms with van der Waals surface area (Å²) >= 11 is 11.1. The fourth-order valence-corrected chi connectivity index (χ4v) is 3.21. The number of methoxy groups -OCH3 is 1. The Kier molecular flexibility index (Phi) is 4.67. The first-order chi connectivity index (χ1) is 8.60. The van der Waals surface area contributed by atoms with Crippen LogP contribution in [-0.4, -0.2) is 7.11 Å². The average molecular weight is 347 g/mol. The lowest BCUT2D eigenvalue weighted by Crippen LogP contribution is -2.13. The number of thiophene rings is 1. The second-order valence-electron chi connectivity index (χ2n) is 3.95. The molecule has 1 atom stereocenters. The molecule has 1 unspecified atom stereocenters. The maximum atomic E-state index is 6.20. The van der Waals surface area contributed by atoms with E-state index in [-0.39, 0.29) is 6.04 Å². The first-order valence-corrected chi connectivity index (χ1v) is 7.47. The minimum atomic E-state index is -0.0556. The molecule has 0 saturated carbocycles. The Morgan fingerprint density at radius 2 is 2.22 bits per heavy atom. The van der Waals surface area contributed by atoms with Gasteiger partial charge in [0.25, 0.3) is 0 Å². The zero-order valence-electron chi connectivity index (χ0n) is 9.82. The molecule has 0 aliphatic rings. The molecule has 0 aliphatic carbocycles. The van der Waals surface area contributed by atoms with Crippen molar-refractivity contribution in [3.8, 4) is 5.75 Å². The SMILES string of the molecule is COc1ccc(Cl)cc1CC(N)c1csc(Br)c1. The van der Waals surface area contributed by atoms with Crippen LogP contribution in [0.4, 0.5) is 0 Å². The van der Waals surface area contributed by atoms with E-state index in [1.165, 1.54) is 0 Å². The Bertz CT molecular complexity index is 544. The average Bonchev–Trinajstić information content (AvgIpc) is 2.76. The molecule has 18 heavy (non-hydrogen) atoms. The molecule has 0 amide bonds. The van der Waals surface area contributed by atoms with Gasteiger partial charge in [0.1, 0.15) is 5.75 Å². The van der Waals surface area contributed by atoms with Gasteiger partial charge in [0.2, 0.25) is 0 Å². The van der Waals surface area contributed by atoms with Gasteiger partial charge in [-0.1, -0.05) is 11.6 Å². The Balaban J connectivity index is 2.20. The summed E-state index contributed by atoms with van der Waals surface area (Å²) in [6.45, 7) is 0. The van der Waals surface area contributed by atoms with E-state index >= 15 is 0 Å². The molecule has 5 heteroatoms. The predicted octanol–water partition coefficient (Wildman–Crippen LogP) is 4.42. The van der Waals surface area contributed by atoms with Gasteiger partial charge in [0, 0.05) is 11.1 Å². The lowest BCUT2D eigenvalue weighted by atomic mass is 10.0. The number of benzene rings is 1. The Labute approximate surface area is 124 Å². The standard InChI is InChI=1S/C13H13BrClNOS/c1-17-12-3-2-10(15)4-8(12)5-11(16)9-6-13(14)18-7-9/h2-4,6-7,11H,5,16H2,1H3. The highest BCUT2D eigenvalue weighted by atomic mass is 79.9. The molecule has 96 valence electrons. The Morgan fingerprint density at radius 1 is 1.44 bits per heavy atom. The highest BCUT2D eigenvalue weighted by Gasteiger charge is 2.12. The maximum Gasteiger partial charge on any atom is 0.122 e. The number of nitrogens with two attached hydrogens (primary N) is 1. The number of ether oxygens (including phenoxy) is 1. The highest BCUT2D eigenvalue weighted by molar-refractivity contribution is 9.11. The van der Waals surface area contributed by atoms with Gasteiger partial charge in [-0.05, 0) is 63.1 Å². The van der Waals surface area contributed by atoms with Crippen molar-refractivity contribution < 1.29 is 4.74 Å². The monoisotopic (exact) mass is 345 g/mol. The van der Waals surface area contributed by atoms with Crippen LogP contribution in [0.3, 0.4) is 0 Å². The Morgan fingerprint density at radius 3 is 2.83 bits per heavy atom. The molecule has 0 saturated heterocycles. The van der Waals surface area contributed by atoms with Crippen molar-refractivity contribution in [2.75, 3.05) is 7.11 Å². The molecule has 0 fully saturated rings. The van der Waals surface area contributed by atoms with E-state index < -0.39 is 0 Å². The molecule has 0 aliphatic heterocycles. The third-order valence-electron chi connectivity index (χ3n) is 2.70. The fraction of sp³-hybridized carbons (Fsp3) is 0.231. The zero-order valence-corrected chi connectivity index (χ0v) is 13.0. The minimum absolute atomic E-state index is 0.0556. The summed E-state index contributed by atoms with van der Waals surface area (Å²) in [6.07, 6.45) is 0.701. The molecule has 1 heterocycles. The van der Waals surface area contributed by atoms with Crippen LogP contribution in [0, 0.1) is 0 Å². The van der Waals surface area contributed by atoms with Crippen LogP contribution < -0.4 is 10.5 Å². The van der Waals surface area contributed by atoms with Crippen molar-refractivity contribution in [2.24, 2.45) is 5.73 Å². The van der Waals surface area contributed by atoms with Gasteiger partial charge in [0.15, 0.2) is 0 Å². The second kappa shape index (κ2) is 6.06. The van der Waals surface area contributed by atoms with Crippen molar-refractivity contribution in [3.63, 3.8) is 0 Å². The quantitative estimate of drug-likeness (QED) is 0.889. The molecule has 1 aromatic carbocycles. The molecular weight excluding hydrogens is 334 g/mol. The van der Waals surface area contributed by atoms with E-state index in [1.807, 2.05) is 24.3 Å². The smallest absolute Gasteiger partial charge is 0.122 e. The number of hydrogen-bond donors (Lipinski definition) is 1. The van der Waals surface area contributed by atoms with Crippen molar-refractivity contribution in [1.82, 2.24) is 0 Å². The fourth-order valence-electron chi connectivity index (χ4n) is 1.78. The van der Waals surface area contributed by atoms with E-state index in [4.69, 9.17) is 22.1 Å². The van der Waals surface area contributed by atoms with Gasteiger partial charge in [-0.2, -0.15) is 0 Å². The van der Waals surface area contributed by atoms with Gasteiger partial charge in [-0.15, -0.1) is 11.3 Å². The molecule has 2 rings (SSSR count). The number of rotatable bonds is 4. The molecule has 2 aromatic rings. The lowest BCUT2D eigenvalue weighted by molar-refractivity contribution is 0.408. The van der Waals surface area contributed by atoms with Gasteiger partial charge >= 0.3 is 0 Å². The molecule has 0 bridgehead atoms.